The average Bonchev–Trinajstić information content (AvgIpc) is 2.46. The van der Waals surface area contributed by atoms with Crippen LogP contribution in [-0.2, 0) is 10.0 Å². The molecule has 1 atom stereocenters. The fraction of sp³-hybridized carbons (Fsp3) is 0.538. The van der Waals surface area contributed by atoms with Gasteiger partial charge in [-0.05, 0) is 19.4 Å². The van der Waals surface area contributed by atoms with E-state index in [0.29, 0.717) is 13.0 Å². The van der Waals surface area contributed by atoms with Gasteiger partial charge >= 0.3 is 0 Å². The molecule has 0 aliphatic rings. The highest BCUT2D eigenvalue weighted by molar-refractivity contribution is 7.89. The van der Waals surface area contributed by atoms with E-state index < -0.39 is 14.9 Å². The normalized spacial score (nSPS) is 13.2. The Morgan fingerprint density at radius 1 is 1.38 bits per heavy atom. The van der Waals surface area contributed by atoms with Crippen LogP contribution in [0.2, 0.25) is 0 Å². The summed E-state index contributed by atoms with van der Waals surface area (Å²) < 4.78 is 26.9. The van der Waals surface area contributed by atoms with Crippen LogP contribution in [0.4, 0.5) is 11.4 Å². The zero-order chi connectivity index (χ0) is 16.2. The van der Waals surface area contributed by atoms with Gasteiger partial charge in [0.25, 0.3) is 5.69 Å². The maximum absolute atomic E-state index is 12.7. The number of nitro benzene ring substituents is 1. The number of hydrogen-bond acceptors (Lipinski definition) is 5. The Morgan fingerprint density at radius 2 is 2.00 bits per heavy atom. The molecule has 1 N–H and O–H groups in total. The van der Waals surface area contributed by atoms with Crippen molar-refractivity contribution in [2.75, 3.05) is 18.9 Å². The highest BCUT2D eigenvalue weighted by Crippen LogP contribution is 2.29. The molecule has 1 aromatic carbocycles. The van der Waals surface area contributed by atoms with Gasteiger partial charge in [-0.3, -0.25) is 10.1 Å². The van der Waals surface area contributed by atoms with E-state index in [0.717, 1.165) is 0 Å². The smallest absolute Gasteiger partial charge is 0.271 e. The van der Waals surface area contributed by atoms with Crippen LogP contribution in [0.15, 0.2) is 23.1 Å². The number of benzene rings is 1. The predicted molar refractivity (Wildman–Crippen MR) is 82.0 cm³/mol. The number of nitrogens with one attached hydrogen (secondary N) is 1. The molecule has 0 saturated heterocycles. The fourth-order valence-electron chi connectivity index (χ4n) is 2.10. The molecule has 1 unspecified atom stereocenters. The monoisotopic (exact) mass is 315 g/mol. The third kappa shape index (κ3) is 3.51. The molecule has 0 spiro atoms. The quantitative estimate of drug-likeness (QED) is 0.616. The van der Waals surface area contributed by atoms with E-state index >= 15 is 0 Å². The van der Waals surface area contributed by atoms with Gasteiger partial charge in [-0.15, -0.1) is 0 Å². The van der Waals surface area contributed by atoms with Crippen molar-refractivity contribution in [3.8, 4) is 0 Å². The van der Waals surface area contributed by atoms with Crippen LogP contribution in [0.5, 0.6) is 0 Å². The summed E-state index contributed by atoms with van der Waals surface area (Å²) in [5, 5.41) is 13.5. The molecule has 0 saturated carbocycles. The summed E-state index contributed by atoms with van der Waals surface area (Å²) in [5.74, 6) is 0. The van der Waals surface area contributed by atoms with Crippen LogP contribution in [0, 0.1) is 10.1 Å². The van der Waals surface area contributed by atoms with Crippen LogP contribution in [0.1, 0.15) is 27.2 Å². The zero-order valence-electron chi connectivity index (χ0n) is 12.7. The highest BCUT2D eigenvalue weighted by atomic mass is 32.2. The van der Waals surface area contributed by atoms with Crippen molar-refractivity contribution in [1.29, 1.82) is 0 Å². The van der Waals surface area contributed by atoms with Gasteiger partial charge in [0.15, 0.2) is 0 Å². The van der Waals surface area contributed by atoms with Crippen molar-refractivity contribution in [3.63, 3.8) is 0 Å². The van der Waals surface area contributed by atoms with Crippen LogP contribution in [-0.4, -0.2) is 37.3 Å². The van der Waals surface area contributed by atoms with Crippen molar-refractivity contribution >= 4 is 21.4 Å². The summed E-state index contributed by atoms with van der Waals surface area (Å²) in [6.07, 6.45) is 0.689. The lowest BCUT2D eigenvalue weighted by molar-refractivity contribution is -0.384. The van der Waals surface area contributed by atoms with E-state index in [-0.39, 0.29) is 22.3 Å². The zero-order valence-corrected chi connectivity index (χ0v) is 13.5. The molecule has 0 fully saturated rings. The SMILES string of the molecule is CCC(C)N(CC)S(=O)(=O)c1ccc([N+](=O)[O-])cc1NC. The molecular weight excluding hydrogens is 294 g/mol. The number of anilines is 1. The average molecular weight is 315 g/mol. The molecule has 0 aliphatic heterocycles. The van der Waals surface area contributed by atoms with E-state index in [9.17, 15) is 18.5 Å². The minimum atomic E-state index is -3.70. The van der Waals surface area contributed by atoms with Crippen molar-refractivity contribution in [2.45, 2.75) is 38.1 Å². The molecule has 0 aromatic heterocycles. The first-order valence-corrected chi connectivity index (χ1v) is 8.21. The minimum Gasteiger partial charge on any atom is -0.387 e. The van der Waals surface area contributed by atoms with Gasteiger partial charge in [0.2, 0.25) is 10.0 Å². The molecule has 0 bridgehead atoms. The molecule has 1 aromatic rings. The largest absolute Gasteiger partial charge is 0.387 e. The number of nitro groups is 1. The van der Waals surface area contributed by atoms with Crippen LogP contribution in [0.3, 0.4) is 0 Å². The summed E-state index contributed by atoms with van der Waals surface area (Å²) in [5.41, 5.74) is 0.0795. The molecule has 1 rings (SSSR count). The Bertz CT molecular complexity index is 616. The first kappa shape index (κ1) is 17.4. The number of nitrogens with zero attached hydrogens (tertiary/aromatic N) is 2. The van der Waals surface area contributed by atoms with Crippen LogP contribution >= 0.6 is 0 Å². The number of hydrogen-bond donors (Lipinski definition) is 1. The number of non-ortho nitro benzene ring substituents is 1. The third-order valence-electron chi connectivity index (χ3n) is 3.42. The molecule has 0 heterocycles. The minimum absolute atomic E-state index is 0.0535. The predicted octanol–water partition coefficient (Wildman–Crippen LogP) is 2.45. The highest BCUT2D eigenvalue weighted by Gasteiger charge is 2.29. The number of sulfonamides is 1. The summed E-state index contributed by atoms with van der Waals surface area (Å²) >= 11 is 0. The van der Waals surface area contributed by atoms with Crippen molar-refractivity contribution < 1.29 is 13.3 Å². The Kier molecular flexibility index (Phi) is 5.68. The summed E-state index contributed by atoms with van der Waals surface area (Å²) in [4.78, 5) is 10.3. The first-order valence-electron chi connectivity index (χ1n) is 6.77. The molecule has 7 nitrogen and oxygen atoms in total. The van der Waals surface area contributed by atoms with Gasteiger partial charge in [-0.1, -0.05) is 13.8 Å². The Balaban J connectivity index is 3.40. The van der Waals surface area contributed by atoms with Crippen LogP contribution in [0.25, 0.3) is 0 Å². The van der Waals surface area contributed by atoms with Gasteiger partial charge in [0, 0.05) is 31.8 Å². The molecular formula is C13H21N3O4S. The van der Waals surface area contributed by atoms with Gasteiger partial charge in [0.05, 0.1) is 10.6 Å². The summed E-state index contributed by atoms with van der Waals surface area (Å²) in [6.45, 7) is 5.87. The maximum atomic E-state index is 12.7. The lowest BCUT2D eigenvalue weighted by Crippen LogP contribution is -2.38. The second kappa shape index (κ2) is 6.86. The summed E-state index contributed by atoms with van der Waals surface area (Å²) in [7, 11) is -2.16. The van der Waals surface area contributed by atoms with Gasteiger partial charge in [0.1, 0.15) is 4.90 Å². The lowest BCUT2D eigenvalue weighted by atomic mass is 10.3. The van der Waals surface area contributed by atoms with E-state index in [1.807, 2.05) is 13.8 Å². The van der Waals surface area contributed by atoms with E-state index in [4.69, 9.17) is 0 Å². The maximum Gasteiger partial charge on any atom is 0.271 e. The Labute approximate surface area is 125 Å². The topological polar surface area (TPSA) is 92.5 Å². The van der Waals surface area contributed by atoms with E-state index in [1.54, 1.807) is 6.92 Å². The van der Waals surface area contributed by atoms with Gasteiger partial charge in [-0.25, -0.2) is 8.42 Å². The molecule has 8 heteroatoms. The van der Waals surface area contributed by atoms with Gasteiger partial charge < -0.3 is 5.32 Å². The van der Waals surface area contributed by atoms with Gasteiger partial charge in [-0.2, -0.15) is 4.31 Å². The first-order chi connectivity index (χ1) is 9.79. The lowest BCUT2D eigenvalue weighted by Gasteiger charge is -2.27. The Hall–Kier alpha value is -1.67. The molecule has 0 amide bonds. The Morgan fingerprint density at radius 3 is 2.43 bits per heavy atom. The van der Waals surface area contributed by atoms with Crippen LogP contribution < -0.4 is 5.32 Å². The van der Waals surface area contributed by atoms with E-state index in [1.165, 1.54) is 29.6 Å². The molecule has 21 heavy (non-hydrogen) atoms. The third-order valence-corrected chi connectivity index (χ3v) is 5.57. The van der Waals surface area contributed by atoms with Crippen molar-refractivity contribution in [2.24, 2.45) is 0 Å². The second-order valence-electron chi connectivity index (χ2n) is 4.65. The molecule has 0 aliphatic carbocycles. The van der Waals surface area contributed by atoms with E-state index in [2.05, 4.69) is 5.32 Å². The fourth-order valence-corrected chi connectivity index (χ4v) is 3.99. The summed E-state index contributed by atoms with van der Waals surface area (Å²) in [6, 6.07) is 3.58. The van der Waals surface area contributed by atoms with Crippen molar-refractivity contribution in [1.82, 2.24) is 4.31 Å². The standard InChI is InChI=1S/C13H21N3O4S/c1-5-10(3)15(6-2)21(19,20)13-8-7-11(16(17)18)9-12(13)14-4/h7-10,14H,5-6H2,1-4H3. The second-order valence-corrected chi connectivity index (χ2v) is 6.51. The molecule has 0 radical (unpaired) electrons. The molecule has 118 valence electrons. The van der Waals surface area contributed by atoms with Crippen molar-refractivity contribution in [3.05, 3.63) is 28.3 Å². The number of rotatable bonds is 7.